The van der Waals surface area contributed by atoms with Crippen LogP contribution in [-0.4, -0.2) is 11.2 Å². The van der Waals surface area contributed by atoms with Crippen molar-refractivity contribution in [1.82, 2.24) is 0 Å². The first-order valence-electron chi connectivity index (χ1n) is 13.1. The Labute approximate surface area is 181 Å². The molecule has 0 aromatic rings. The predicted octanol–water partition coefficient (Wildman–Crippen LogP) is 7.78. The van der Waals surface area contributed by atoms with E-state index in [0.29, 0.717) is 16.7 Å². The van der Waals surface area contributed by atoms with Crippen LogP contribution in [-0.2, 0) is 0 Å². The van der Waals surface area contributed by atoms with Gasteiger partial charge in [-0.15, -0.1) is 0 Å². The summed E-state index contributed by atoms with van der Waals surface area (Å²) < 4.78 is 0. The smallest absolute Gasteiger partial charge is 0.0568 e. The lowest BCUT2D eigenvalue weighted by Crippen LogP contribution is -2.51. The van der Waals surface area contributed by atoms with Crippen molar-refractivity contribution in [3.05, 3.63) is 11.1 Å². The molecular weight excluding hydrogens is 352 g/mol. The third-order valence-corrected chi connectivity index (χ3v) is 10.7. The van der Waals surface area contributed by atoms with E-state index in [0.717, 1.165) is 36.0 Å². The molecular formula is C28H48O. The number of fused-ring (bicyclic) bond motifs is 4. The molecule has 0 aromatic heterocycles. The predicted molar refractivity (Wildman–Crippen MR) is 124 cm³/mol. The molecule has 1 nitrogen and oxygen atoms in total. The Hall–Kier alpha value is -0.300. The molecule has 4 rings (SSSR count). The Morgan fingerprint density at radius 2 is 1.72 bits per heavy atom. The number of allylic oxidation sites excluding steroid dienone is 2. The standard InChI is InChI=1S/C28H48O/c1-18(2)8-7-9-19(3)22-12-13-24-21-10-11-23-20(4)26(29)15-17-28(23,6)25(21)14-16-27(22,24)5/h18-20,22-23,25-26,29H,7-17H2,1-6H3/t19-,20+,22?,23?,25?,26+,27-,28+/m1/s1. The van der Waals surface area contributed by atoms with Crippen LogP contribution >= 0.6 is 0 Å². The van der Waals surface area contributed by atoms with Crippen molar-refractivity contribution in [2.24, 2.45) is 46.3 Å². The lowest BCUT2D eigenvalue weighted by molar-refractivity contribution is -0.0779. The third kappa shape index (κ3) is 3.56. The van der Waals surface area contributed by atoms with Crippen LogP contribution in [0.25, 0.3) is 0 Å². The molecule has 0 aromatic carbocycles. The molecule has 1 N–H and O–H groups in total. The average Bonchev–Trinajstić information content (AvgIpc) is 3.02. The van der Waals surface area contributed by atoms with Crippen molar-refractivity contribution in [3.8, 4) is 0 Å². The third-order valence-electron chi connectivity index (χ3n) is 10.7. The highest BCUT2D eigenvalue weighted by molar-refractivity contribution is 5.35. The number of hydrogen-bond donors (Lipinski definition) is 1. The van der Waals surface area contributed by atoms with E-state index in [9.17, 15) is 5.11 Å². The second-order valence-corrected chi connectivity index (χ2v) is 12.6. The van der Waals surface area contributed by atoms with Gasteiger partial charge >= 0.3 is 0 Å². The van der Waals surface area contributed by atoms with Gasteiger partial charge in [0.1, 0.15) is 0 Å². The van der Waals surface area contributed by atoms with Gasteiger partial charge < -0.3 is 5.11 Å². The summed E-state index contributed by atoms with van der Waals surface area (Å²) in [5.41, 5.74) is 4.78. The van der Waals surface area contributed by atoms with Gasteiger partial charge in [0, 0.05) is 0 Å². The quantitative estimate of drug-likeness (QED) is 0.467. The first kappa shape index (κ1) is 21.9. The van der Waals surface area contributed by atoms with E-state index in [-0.39, 0.29) is 6.10 Å². The maximum Gasteiger partial charge on any atom is 0.0568 e. The van der Waals surface area contributed by atoms with E-state index in [1.54, 1.807) is 0 Å². The van der Waals surface area contributed by atoms with Gasteiger partial charge in [-0.2, -0.15) is 0 Å². The molecule has 8 atom stereocenters. The zero-order chi connectivity index (χ0) is 21.0. The van der Waals surface area contributed by atoms with E-state index < -0.39 is 0 Å². The normalized spacial score (nSPS) is 45.7. The molecule has 4 aliphatic rings. The highest BCUT2D eigenvalue weighted by atomic mass is 16.3. The molecule has 3 unspecified atom stereocenters. The maximum atomic E-state index is 10.5. The Morgan fingerprint density at radius 3 is 2.45 bits per heavy atom. The molecule has 0 spiro atoms. The van der Waals surface area contributed by atoms with Gasteiger partial charge in [0.2, 0.25) is 0 Å². The van der Waals surface area contributed by atoms with Crippen molar-refractivity contribution >= 4 is 0 Å². The fourth-order valence-electron chi connectivity index (χ4n) is 8.95. The van der Waals surface area contributed by atoms with Crippen molar-refractivity contribution < 1.29 is 5.11 Å². The minimum absolute atomic E-state index is 0.0568. The van der Waals surface area contributed by atoms with E-state index in [1.165, 1.54) is 64.2 Å². The summed E-state index contributed by atoms with van der Waals surface area (Å²) >= 11 is 0. The van der Waals surface area contributed by atoms with Crippen LogP contribution in [0.4, 0.5) is 0 Å². The van der Waals surface area contributed by atoms with Crippen molar-refractivity contribution in [2.45, 2.75) is 118 Å². The van der Waals surface area contributed by atoms with Gasteiger partial charge in [0.15, 0.2) is 0 Å². The first-order chi connectivity index (χ1) is 13.7. The van der Waals surface area contributed by atoms with Crippen LogP contribution in [0.1, 0.15) is 112 Å². The van der Waals surface area contributed by atoms with Gasteiger partial charge in [-0.1, -0.05) is 72.0 Å². The molecule has 0 bridgehead atoms. The molecule has 0 saturated heterocycles. The van der Waals surface area contributed by atoms with E-state index in [2.05, 4.69) is 41.5 Å². The van der Waals surface area contributed by atoms with Crippen molar-refractivity contribution in [2.75, 3.05) is 0 Å². The second kappa shape index (κ2) is 7.99. The van der Waals surface area contributed by atoms with Crippen LogP contribution in [0.5, 0.6) is 0 Å². The van der Waals surface area contributed by atoms with Crippen LogP contribution in [0, 0.1) is 46.3 Å². The molecule has 3 fully saturated rings. The molecule has 29 heavy (non-hydrogen) atoms. The molecule has 166 valence electrons. The molecule has 0 amide bonds. The van der Waals surface area contributed by atoms with Gasteiger partial charge in [0.05, 0.1) is 6.10 Å². The van der Waals surface area contributed by atoms with Crippen LogP contribution in [0.15, 0.2) is 11.1 Å². The summed E-state index contributed by atoms with van der Waals surface area (Å²) in [6.07, 6.45) is 14.8. The van der Waals surface area contributed by atoms with Gasteiger partial charge in [0.25, 0.3) is 0 Å². The second-order valence-electron chi connectivity index (χ2n) is 12.6. The molecule has 0 radical (unpaired) electrons. The monoisotopic (exact) mass is 400 g/mol. The van der Waals surface area contributed by atoms with E-state index in [4.69, 9.17) is 0 Å². The number of aliphatic hydroxyl groups is 1. The highest BCUT2D eigenvalue weighted by Gasteiger charge is 2.56. The first-order valence-corrected chi connectivity index (χ1v) is 13.1. The zero-order valence-electron chi connectivity index (χ0n) is 20.3. The molecule has 3 saturated carbocycles. The van der Waals surface area contributed by atoms with Gasteiger partial charge in [-0.25, -0.2) is 0 Å². The van der Waals surface area contributed by atoms with Crippen LogP contribution in [0.3, 0.4) is 0 Å². The Bertz CT molecular complexity index is 632. The topological polar surface area (TPSA) is 20.2 Å². The largest absolute Gasteiger partial charge is 0.393 e. The van der Waals surface area contributed by atoms with Crippen molar-refractivity contribution in [1.29, 1.82) is 0 Å². The molecule has 0 aliphatic heterocycles. The zero-order valence-corrected chi connectivity index (χ0v) is 20.3. The maximum absolute atomic E-state index is 10.5. The molecule has 1 heteroatoms. The Morgan fingerprint density at radius 1 is 0.966 bits per heavy atom. The SMILES string of the molecule is CC(C)CCC[C@@H](C)C1CCC2=C3CCC4[C@H](C)[C@@H](O)CC[C@]4(C)C3CC[C@@]21C. The van der Waals surface area contributed by atoms with E-state index >= 15 is 0 Å². The Kier molecular flexibility index (Phi) is 6.04. The lowest BCUT2D eigenvalue weighted by Gasteiger charge is -2.58. The minimum atomic E-state index is -0.0568. The Balaban J connectivity index is 1.55. The fourth-order valence-corrected chi connectivity index (χ4v) is 8.95. The summed E-state index contributed by atoms with van der Waals surface area (Å²) in [4.78, 5) is 0. The summed E-state index contributed by atoms with van der Waals surface area (Å²) in [7, 11) is 0. The van der Waals surface area contributed by atoms with Crippen molar-refractivity contribution in [3.63, 3.8) is 0 Å². The lowest BCUT2D eigenvalue weighted by atomic mass is 9.47. The average molecular weight is 401 g/mol. The van der Waals surface area contributed by atoms with Gasteiger partial charge in [-0.3, -0.25) is 0 Å². The molecule has 4 aliphatic carbocycles. The number of hydrogen-bond acceptors (Lipinski definition) is 1. The highest BCUT2D eigenvalue weighted by Crippen LogP contribution is 2.66. The molecule has 0 heterocycles. The van der Waals surface area contributed by atoms with Crippen LogP contribution < -0.4 is 0 Å². The summed E-state index contributed by atoms with van der Waals surface area (Å²) in [5.74, 6) is 4.68. The fraction of sp³-hybridized carbons (Fsp3) is 0.929. The number of rotatable bonds is 5. The van der Waals surface area contributed by atoms with Crippen LogP contribution in [0.2, 0.25) is 0 Å². The number of aliphatic hydroxyl groups excluding tert-OH is 1. The van der Waals surface area contributed by atoms with E-state index in [1.807, 2.05) is 11.1 Å². The van der Waals surface area contributed by atoms with Gasteiger partial charge in [-0.05, 0) is 97.7 Å². The minimum Gasteiger partial charge on any atom is -0.393 e. The summed E-state index contributed by atoms with van der Waals surface area (Å²) in [6.45, 7) is 14.9. The summed E-state index contributed by atoms with van der Waals surface area (Å²) in [6, 6.07) is 0. The summed E-state index contributed by atoms with van der Waals surface area (Å²) in [5, 5.41) is 10.5.